The molecule has 1 aromatic carbocycles. The van der Waals surface area contributed by atoms with E-state index >= 15 is 0 Å². The summed E-state index contributed by atoms with van der Waals surface area (Å²) in [6, 6.07) is 7.76. The molecule has 2 N–H and O–H groups in total. The smallest absolute Gasteiger partial charge is 0.263 e. The van der Waals surface area contributed by atoms with Gasteiger partial charge >= 0.3 is 0 Å². The number of nitrogens with two attached hydrogens (primary N) is 1. The summed E-state index contributed by atoms with van der Waals surface area (Å²) in [6.07, 6.45) is 0. The first-order valence-electron chi connectivity index (χ1n) is 7.45. The first-order chi connectivity index (χ1) is 9.86. The van der Waals surface area contributed by atoms with E-state index in [9.17, 15) is 4.79 Å². The Morgan fingerprint density at radius 3 is 2.33 bits per heavy atom. The van der Waals surface area contributed by atoms with E-state index in [1.807, 2.05) is 29.2 Å². The molecule has 0 saturated carbocycles. The number of nitrogens with zero attached hydrogens (tertiary/aromatic N) is 1. The molecule has 0 fully saturated rings. The monoisotopic (exact) mass is 304 g/mol. The van der Waals surface area contributed by atoms with Crippen LogP contribution in [0.15, 0.2) is 24.3 Å². The van der Waals surface area contributed by atoms with Gasteiger partial charge in [0.1, 0.15) is 0 Å². The number of hydrogen-bond acceptors (Lipinski definition) is 3. The van der Waals surface area contributed by atoms with E-state index in [0.29, 0.717) is 11.8 Å². The van der Waals surface area contributed by atoms with Crippen molar-refractivity contribution in [3.8, 4) is 0 Å². The van der Waals surface area contributed by atoms with Crippen LogP contribution in [0.3, 0.4) is 0 Å². The molecule has 2 aromatic rings. The standard InChI is InChI=1S/C17H24N2OS/c1-11(2)9-19(10-12(3)4)17(20)16-8-13-7-14(18)5-6-15(13)21-16/h5-8,11-12H,9-10,18H2,1-4H3. The van der Waals surface area contributed by atoms with Crippen molar-refractivity contribution in [2.75, 3.05) is 18.8 Å². The minimum absolute atomic E-state index is 0.136. The van der Waals surface area contributed by atoms with Crippen LogP contribution in [0.25, 0.3) is 10.1 Å². The fourth-order valence-corrected chi connectivity index (χ4v) is 3.46. The lowest BCUT2D eigenvalue weighted by atomic mass is 10.1. The van der Waals surface area contributed by atoms with Gasteiger partial charge in [0, 0.05) is 23.5 Å². The summed E-state index contributed by atoms with van der Waals surface area (Å²) in [5.41, 5.74) is 6.55. The summed E-state index contributed by atoms with van der Waals surface area (Å²) in [4.78, 5) is 15.6. The number of carbonyl (C=O) groups excluding carboxylic acids is 1. The van der Waals surface area contributed by atoms with Crippen LogP contribution in [0.5, 0.6) is 0 Å². The molecule has 1 amide bonds. The van der Waals surface area contributed by atoms with Crippen molar-refractivity contribution in [1.82, 2.24) is 4.90 Å². The highest BCUT2D eigenvalue weighted by Gasteiger charge is 2.20. The molecule has 21 heavy (non-hydrogen) atoms. The number of rotatable bonds is 5. The lowest BCUT2D eigenvalue weighted by molar-refractivity contribution is 0.0720. The van der Waals surface area contributed by atoms with Gasteiger partial charge in [-0.1, -0.05) is 27.7 Å². The van der Waals surface area contributed by atoms with Gasteiger partial charge in [-0.2, -0.15) is 0 Å². The summed E-state index contributed by atoms with van der Waals surface area (Å²) in [5, 5.41) is 1.05. The maximum atomic E-state index is 12.8. The number of hydrogen-bond donors (Lipinski definition) is 1. The van der Waals surface area contributed by atoms with E-state index in [1.54, 1.807) is 11.3 Å². The maximum Gasteiger partial charge on any atom is 0.263 e. The molecule has 0 aliphatic heterocycles. The highest BCUT2D eigenvalue weighted by atomic mass is 32.1. The van der Waals surface area contributed by atoms with Gasteiger partial charge in [0.25, 0.3) is 5.91 Å². The molecule has 0 aliphatic carbocycles. The molecule has 3 nitrogen and oxygen atoms in total. The second-order valence-corrected chi connectivity index (χ2v) is 7.49. The molecule has 0 aliphatic rings. The van der Waals surface area contributed by atoms with Crippen LogP contribution in [0.4, 0.5) is 5.69 Å². The van der Waals surface area contributed by atoms with Crippen LogP contribution in [0, 0.1) is 11.8 Å². The lowest BCUT2D eigenvalue weighted by Crippen LogP contribution is -2.36. The summed E-state index contributed by atoms with van der Waals surface area (Å²) in [6.45, 7) is 10.2. The van der Waals surface area contributed by atoms with Crippen molar-refractivity contribution < 1.29 is 4.79 Å². The van der Waals surface area contributed by atoms with E-state index in [0.717, 1.165) is 33.7 Å². The SMILES string of the molecule is CC(C)CN(CC(C)C)C(=O)c1cc2cc(N)ccc2s1. The van der Waals surface area contributed by atoms with E-state index in [-0.39, 0.29) is 5.91 Å². The minimum atomic E-state index is 0.136. The topological polar surface area (TPSA) is 46.3 Å². The Kier molecular flexibility index (Phi) is 4.88. The van der Waals surface area contributed by atoms with Crippen molar-refractivity contribution in [3.63, 3.8) is 0 Å². The molecular formula is C17H24N2OS. The van der Waals surface area contributed by atoms with Crippen molar-refractivity contribution in [3.05, 3.63) is 29.1 Å². The molecule has 0 atom stereocenters. The molecule has 0 radical (unpaired) electrons. The second kappa shape index (κ2) is 6.48. The first kappa shape index (κ1) is 15.8. The molecule has 114 valence electrons. The number of benzene rings is 1. The van der Waals surface area contributed by atoms with Gasteiger partial charge in [0.15, 0.2) is 0 Å². The quantitative estimate of drug-likeness (QED) is 0.840. The number of anilines is 1. The average Bonchev–Trinajstić information content (AvgIpc) is 2.78. The van der Waals surface area contributed by atoms with Crippen molar-refractivity contribution in [2.24, 2.45) is 11.8 Å². The Morgan fingerprint density at radius 1 is 1.14 bits per heavy atom. The molecule has 2 rings (SSSR count). The molecule has 1 aromatic heterocycles. The molecule has 0 saturated heterocycles. The second-order valence-electron chi connectivity index (χ2n) is 6.41. The Bertz CT molecular complexity index is 621. The molecule has 1 heterocycles. The van der Waals surface area contributed by atoms with Crippen LogP contribution in [0.1, 0.15) is 37.4 Å². The average molecular weight is 304 g/mol. The zero-order chi connectivity index (χ0) is 15.6. The van der Waals surface area contributed by atoms with Crippen LogP contribution >= 0.6 is 11.3 Å². The van der Waals surface area contributed by atoms with Gasteiger partial charge in [0.2, 0.25) is 0 Å². The van der Waals surface area contributed by atoms with Crippen LogP contribution in [0.2, 0.25) is 0 Å². The van der Waals surface area contributed by atoms with E-state index in [4.69, 9.17) is 5.73 Å². The lowest BCUT2D eigenvalue weighted by Gasteiger charge is -2.25. The zero-order valence-electron chi connectivity index (χ0n) is 13.2. The number of fused-ring (bicyclic) bond motifs is 1. The van der Waals surface area contributed by atoms with Crippen LogP contribution in [-0.2, 0) is 0 Å². The summed E-state index contributed by atoms with van der Waals surface area (Å²) in [5.74, 6) is 1.08. The number of nitrogen functional groups attached to an aromatic ring is 1. The van der Waals surface area contributed by atoms with Gasteiger partial charge in [0.05, 0.1) is 4.88 Å². The normalized spacial score (nSPS) is 11.5. The summed E-state index contributed by atoms with van der Waals surface area (Å²) < 4.78 is 1.11. The third kappa shape index (κ3) is 3.97. The molecule has 0 unspecified atom stereocenters. The molecule has 0 spiro atoms. The van der Waals surface area contributed by atoms with E-state index in [1.165, 1.54) is 0 Å². The predicted molar refractivity (Wildman–Crippen MR) is 91.8 cm³/mol. The van der Waals surface area contributed by atoms with Crippen molar-refractivity contribution in [2.45, 2.75) is 27.7 Å². The Labute approximate surface area is 130 Å². The number of carbonyl (C=O) groups is 1. The third-order valence-corrected chi connectivity index (χ3v) is 4.31. The zero-order valence-corrected chi connectivity index (χ0v) is 14.0. The fourth-order valence-electron chi connectivity index (χ4n) is 2.44. The highest BCUT2D eigenvalue weighted by Crippen LogP contribution is 2.28. The van der Waals surface area contributed by atoms with Gasteiger partial charge in [-0.05, 0) is 41.5 Å². The largest absolute Gasteiger partial charge is 0.399 e. The Hall–Kier alpha value is -1.55. The molecule has 4 heteroatoms. The van der Waals surface area contributed by atoms with Crippen LogP contribution < -0.4 is 5.73 Å². The Morgan fingerprint density at radius 2 is 1.76 bits per heavy atom. The number of amides is 1. The van der Waals surface area contributed by atoms with Crippen molar-refractivity contribution >= 4 is 33.0 Å². The first-order valence-corrected chi connectivity index (χ1v) is 8.26. The maximum absolute atomic E-state index is 12.8. The van der Waals surface area contributed by atoms with Gasteiger partial charge in [-0.25, -0.2) is 0 Å². The van der Waals surface area contributed by atoms with Crippen LogP contribution in [-0.4, -0.2) is 23.9 Å². The van der Waals surface area contributed by atoms with E-state index < -0.39 is 0 Å². The van der Waals surface area contributed by atoms with Crippen molar-refractivity contribution in [1.29, 1.82) is 0 Å². The van der Waals surface area contributed by atoms with Gasteiger partial charge in [-0.3, -0.25) is 4.79 Å². The highest BCUT2D eigenvalue weighted by molar-refractivity contribution is 7.20. The molecular weight excluding hydrogens is 280 g/mol. The number of thiophene rings is 1. The summed E-state index contributed by atoms with van der Waals surface area (Å²) >= 11 is 1.55. The van der Waals surface area contributed by atoms with E-state index in [2.05, 4.69) is 27.7 Å². The molecule has 0 bridgehead atoms. The van der Waals surface area contributed by atoms with Gasteiger partial charge < -0.3 is 10.6 Å². The summed E-state index contributed by atoms with van der Waals surface area (Å²) in [7, 11) is 0. The Balaban J connectivity index is 2.28. The van der Waals surface area contributed by atoms with Gasteiger partial charge in [-0.15, -0.1) is 11.3 Å². The predicted octanol–water partition coefficient (Wildman–Crippen LogP) is 4.24. The third-order valence-electron chi connectivity index (χ3n) is 3.21. The fraction of sp³-hybridized carbons (Fsp3) is 0.471. The minimum Gasteiger partial charge on any atom is -0.399 e.